The largest absolute Gasteiger partial charge is 0.480 e. The maximum Gasteiger partial charge on any atom is 0.243 e. The van der Waals surface area contributed by atoms with Gasteiger partial charge in [0.2, 0.25) is 17.7 Å². The Morgan fingerprint density at radius 2 is 2.13 bits per heavy atom. The van der Waals surface area contributed by atoms with Crippen LogP contribution in [0.4, 0.5) is 5.95 Å². The van der Waals surface area contributed by atoms with Crippen LogP contribution in [0, 0.1) is 0 Å². The average molecular weight is 314 g/mol. The van der Waals surface area contributed by atoms with Gasteiger partial charge in [0.1, 0.15) is 0 Å². The molecule has 0 aromatic carbocycles. The van der Waals surface area contributed by atoms with E-state index in [1.54, 1.807) is 25.6 Å². The molecule has 0 bridgehead atoms. The molecule has 2 aromatic rings. The van der Waals surface area contributed by atoms with Crippen LogP contribution in [0.25, 0.3) is 0 Å². The number of carbonyl (C=O) groups is 1. The molecule has 2 aromatic heterocycles. The fraction of sp³-hybridized carbons (Fsp3) is 0.400. The highest BCUT2D eigenvalue weighted by molar-refractivity contribution is 5.93. The fourth-order valence-electron chi connectivity index (χ4n) is 2.50. The van der Waals surface area contributed by atoms with E-state index < -0.39 is 0 Å². The van der Waals surface area contributed by atoms with Crippen molar-refractivity contribution < 1.29 is 9.53 Å². The Hall–Kier alpha value is -2.61. The maximum absolute atomic E-state index is 12.4. The van der Waals surface area contributed by atoms with Crippen molar-refractivity contribution in [1.29, 1.82) is 0 Å². The third-order valence-corrected chi connectivity index (χ3v) is 3.88. The zero-order valence-corrected chi connectivity index (χ0v) is 13.1. The summed E-state index contributed by atoms with van der Waals surface area (Å²) >= 11 is 0. The molecule has 8 nitrogen and oxygen atoms in total. The van der Waals surface area contributed by atoms with E-state index in [0.29, 0.717) is 18.4 Å². The van der Waals surface area contributed by atoms with Crippen LogP contribution in [0.5, 0.6) is 5.88 Å². The molecular formula is C15H18N6O2. The Kier molecular flexibility index (Phi) is 4.42. The van der Waals surface area contributed by atoms with Gasteiger partial charge < -0.3 is 4.74 Å². The zero-order valence-electron chi connectivity index (χ0n) is 13.1. The lowest BCUT2D eigenvalue weighted by Gasteiger charge is -2.31. The van der Waals surface area contributed by atoms with Crippen LogP contribution in [0.15, 0.2) is 24.5 Å². The summed E-state index contributed by atoms with van der Waals surface area (Å²) in [4.78, 5) is 22.5. The average Bonchev–Trinajstić information content (AvgIpc) is 2.60. The number of nitrogens with one attached hydrogen (secondary N) is 1. The normalized spacial score (nSPS) is 15.6. The van der Waals surface area contributed by atoms with Crippen LogP contribution in [-0.2, 0) is 17.8 Å². The minimum Gasteiger partial charge on any atom is -0.480 e. The molecule has 0 aliphatic carbocycles. The number of anilines is 1. The minimum atomic E-state index is -0.300. The number of amides is 1. The second kappa shape index (κ2) is 6.66. The van der Waals surface area contributed by atoms with Gasteiger partial charge in [-0.25, -0.2) is 9.97 Å². The second-order valence-electron chi connectivity index (χ2n) is 5.32. The van der Waals surface area contributed by atoms with Crippen molar-refractivity contribution >= 4 is 11.9 Å². The van der Waals surface area contributed by atoms with E-state index in [-0.39, 0.29) is 11.9 Å². The first-order valence-electron chi connectivity index (χ1n) is 7.39. The Bertz CT molecular complexity index is 694. The smallest absolute Gasteiger partial charge is 0.243 e. The van der Waals surface area contributed by atoms with E-state index in [1.807, 2.05) is 13.0 Å². The zero-order chi connectivity index (χ0) is 16.2. The summed E-state index contributed by atoms with van der Waals surface area (Å²) in [6.45, 7) is 3.25. The molecule has 0 saturated carbocycles. The topological polar surface area (TPSA) is 93.1 Å². The quantitative estimate of drug-likeness (QED) is 0.886. The lowest BCUT2D eigenvalue weighted by atomic mass is 10.0. The summed E-state index contributed by atoms with van der Waals surface area (Å²) < 4.78 is 5.11. The molecule has 1 atom stereocenters. The number of hydrogen-bond acceptors (Lipinski definition) is 7. The first-order chi connectivity index (χ1) is 11.2. The van der Waals surface area contributed by atoms with Gasteiger partial charge in [-0.3, -0.25) is 15.0 Å². The van der Waals surface area contributed by atoms with Crippen molar-refractivity contribution in [3.63, 3.8) is 0 Å². The fourth-order valence-corrected chi connectivity index (χ4v) is 2.50. The molecule has 0 radical (unpaired) electrons. The highest BCUT2D eigenvalue weighted by Gasteiger charge is 2.27. The van der Waals surface area contributed by atoms with E-state index in [9.17, 15) is 4.79 Å². The molecular weight excluding hydrogens is 296 g/mol. The van der Waals surface area contributed by atoms with Gasteiger partial charge in [0.15, 0.2) is 0 Å². The molecule has 0 fully saturated rings. The first kappa shape index (κ1) is 15.3. The Morgan fingerprint density at radius 3 is 2.87 bits per heavy atom. The monoisotopic (exact) mass is 314 g/mol. The van der Waals surface area contributed by atoms with Crippen molar-refractivity contribution in [3.8, 4) is 5.88 Å². The molecule has 3 heterocycles. The van der Waals surface area contributed by atoms with Gasteiger partial charge in [-0.15, -0.1) is 5.10 Å². The van der Waals surface area contributed by atoms with Gasteiger partial charge >= 0.3 is 0 Å². The number of carbonyl (C=O) groups excluding carboxylic acids is 1. The van der Waals surface area contributed by atoms with Gasteiger partial charge in [-0.2, -0.15) is 5.10 Å². The summed E-state index contributed by atoms with van der Waals surface area (Å²) in [5.74, 6) is 0.670. The van der Waals surface area contributed by atoms with E-state index in [4.69, 9.17) is 4.74 Å². The maximum atomic E-state index is 12.4. The molecule has 3 rings (SSSR count). The number of aromatic nitrogens is 4. The lowest BCUT2D eigenvalue weighted by Crippen LogP contribution is -2.45. The second-order valence-corrected chi connectivity index (χ2v) is 5.32. The van der Waals surface area contributed by atoms with Crippen LogP contribution >= 0.6 is 0 Å². The molecule has 23 heavy (non-hydrogen) atoms. The van der Waals surface area contributed by atoms with E-state index in [1.165, 1.54) is 0 Å². The van der Waals surface area contributed by atoms with Gasteiger partial charge in [-0.05, 0) is 18.6 Å². The lowest BCUT2D eigenvalue weighted by molar-refractivity contribution is -0.121. The van der Waals surface area contributed by atoms with Crippen LogP contribution in [-0.4, -0.2) is 50.7 Å². The van der Waals surface area contributed by atoms with Gasteiger partial charge in [-0.1, -0.05) is 0 Å². The van der Waals surface area contributed by atoms with E-state index >= 15 is 0 Å². The van der Waals surface area contributed by atoms with E-state index in [0.717, 1.165) is 24.2 Å². The summed E-state index contributed by atoms with van der Waals surface area (Å²) in [6, 6.07) is 3.28. The highest BCUT2D eigenvalue weighted by atomic mass is 16.5. The Morgan fingerprint density at radius 1 is 1.35 bits per heavy atom. The molecule has 1 aliphatic heterocycles. The van der Waals surface area contributed by atoms with Crippen LogP contribution < -0.4 is 10.1 Å². The van der Waals surface area contributed by atoms with Crippen LogP contribution in [0.1, 0.15) is 18.2 Å². The van der Waals surface area contributed by atoms with Crippen LogP contribution in [0.2, 0.25) is 0 Å². The number of ether oxygens (including phenoxy) is 1. The first-order valence-corrected chi connectivity index (χ1v) is 7.39. The van der Waals surface area contributed by atoms with Crippen molar-refractivity contribution in [2.75, 3.05) is 19.0 Å². The molecule has 0 unspecified atom stereocenters. The summed E-state index contributed by atoms with van der Waals surface area (Å²) in [6.07, 6.45) is 3.94. The predicted octanol–water partition coefficient (Wildman–Crippen LogP) is 0.660. The molecule has 1 amide bonds. The Labute approximate surface area is 133 Å². The third-order valence-electron chi connectivity index (χ3n) is 3.88. The molecule has 120 valence electrons. The molecule has 1 N–H and O–H groups in total. The van der Waals surface area contributed by atoms with Crippen molar-refractivity contribution in [2.45, 2.75) is 25.9 Å². The van der Waals surface area contributed by atoms with Crippen LogP contribution in [0.3, 0.4) is 0 Å². The van der Waals surface area contributed by atoms with Crippen molar-refractivity contribution in [3.05, 3.63) is 35.8 Å². The summed E-state index contributed by atoms with van der Waals surface area (Å²) in [5, 5.41) is 10.9. The third kappa shape index (κ3) is 3.42. The number of methoxy groups -OCH3 is 1. The van der Waals surface area contributed by atoms with Gasteiger partial charge in [0, 0.05) is 38.0 Å². The summed E-state index contributed by atoms with van der Waals surface area (Å²) in [5.41, 5.74) is 2.00. The highest BCUT2D eigenvalue weighted by Crippen LogP contribution is 2.21. The summed E-state index contributed by atoms with van der Waals surface area (Å²) in [7, 11) is 1.56. The SMILES string of the molecule is COc1cc2c(nn1)CCN([C@H](C)C(=O)Nc1ncccn1)C2. The number of rotatable bonds is 4. The minimum absolute atomic E-state index is 0.131. The number of hydrogen-bond donors (Lipinski definition) is 1. The number of nitrogens with zero attached hydrogens (tertiary/aromatic N) is 5. The number of fused-ring (bicyclic) bond motifs is 1. The predicted molar refractivity (Wildman–Crippen MR) is 82.8 cm³/mol. The van der Waals surface area contributed by atoms with Gasteiger partial charge in [0.25, 0.3) is 0 Å². The molecule has 1 aliphatic rings. The Balaban J connectivity index is 1.68. The van der Waals surface area contributed by atoms with Crippen molar-refractivity contribution in [2.24, 2.45) is 0 Å². The van der Waals surface area contributed by atoms with E-state index in [2.05, 4.69) is 30.4 Å². The molecule has 0 saturated heterocycles. The van der Waals surface area contributed by atoms with Gasteiger partial charge in [0.05, 0.1) is 18.8 Å². The molecule has 0 spiro atoms. The standard InChI is InChI=1S/C15H18N6O2/c1-10(14(22)18-15-16-5-3-6-17-15)21-7-4-12-11(9-21)8-13(23-2)20-19-12/h3,5-6,8,10H,4,7,9H2,1-2H3,(H,16,17,18,22)/t10-/m1/s1. The van der Waals surface area contributed by atoms with Crippen molar-refractivity contribution in [1.82, 2.24) is 25.1 Å². The molecule has 8 heteroatoms.